The molecule has 0 fully saturated rings. The Morgan fingerprint density at radius 3 is 3.05 bits per heavy atom. The fraction of sp³-hybridized carbons (Fsp3) is 0.375. The van der Waals surface area contributed by atoms with Gasteiger partial charge in [0.2, 0.25) is 0 Å². The highest BCUT2D eigenvalue weighted by atomic mass is 16.3. The van der Waals surface area contributed by atoms with E-state index in [1.165, 1.54) is 29.7 Å². The minimum atomic E-state index is 0.542. The fourth-order valence-electron chi connectivity index (χ4n) is 2.83. The molecule has 1 aliphatic rings. The van der Waals surface area contributed by atoms with Gasteiger partial charge in [0.1, 0.15) is 5.76 Å². The highest BCUT2D eigenvalue weighted by molar-refractivity contribution is 5.56. The fourth-order valence-corrected chi connectivity index (χ4v) is 2.83. The van der Waals surface area contributed by atoms with Crippen molar-refractivity contribution in [2.75, 3.05) is 11.4 Å². The van der Waals surface area contributed by atoms with Crippen LogP contribution in [0.1, 0.15) is 28.9 Å². The quantitative estimate of drug-likeness (QED) is 0.918. The zero-order valence-corrected chi connectivity index (χ0v) is 11.4. The molecule has 100 valence electrons. The van der Waals surface area contributed by atoms with Gasteiger partial charge in [-0.05, 0) is 37.5 Å². The monoisotopic (exact) mass is 256 g/mol. The summed E-state index contributed by atoms with van der Waals surface area (Å²) >= 11 is 0. The lowest BCUT2D eigenvalue weighted by atomic mass is 9.99. The Bertz CT molecular complexity index is 574. The molecule has 3 nitrogen and oxygen atoms in total. The van der Waals surface area contributed by atoms with Gasteiger partial charge in [-0.25, -0.2) is 0 Å². The summed E-state index contributed by atoms with van der Waals surface area (Å²) in [4.78, 5) is 2.40. The minimum Gasteiger partial charge on any atom is -0.467 e. The van der Waals surface area contributed by atoms with Crippen LogP contribution >= 0.6 is 0 Å². The van der Waals surface area contributed by atoms with E-state index in [1.807, 2.05) is 6.07 Å². The number of hydrogen-bond donors (Lipinski definition) is 1. The van der Waals surface area contributed by atoms with E-state index in [4.69, 9.17) is 10.2 Å². The SMILES string of the molecule is Cc1ccc2c(c1)CCCN2Cc1occc1CN. The van der Waals surface area contributed by atoms with Crippen molar-refractivity contribution in [1.82, 2.24) is 0 Å². The molecule has 0 radical (unpaired) electrons. The molecule has 2 N–H and O–H groups in total. The number of benzene rings is 1. The zero-order valence-electron chi connectivity index (χ0n) is 11.4. The average molecular weight is 256 g/mol. The van der Waals surface area contributed by atoms with E-state index in [0.717, 1.165) is 24.4 Å². The van der Waals surface area contributed by atoms with E-state index in [-0.39, 0.29) is 0 Å². The first-order chi connectivity index (χ1) is 9.28. The predicted octanol–water partition coefficient (Wildman–Crippen LogP) is 3.00. The van der Waals surface area contributed by atoms with E-state index in [0.29, 0.717) is 6.54 Å². The lowest BCUT2D eigenvalue weighted by Gasteiger charge is -2.31. The van der Waals surface area contributed by atoms with Gasteiger partial charge < -0.3 is 15.1 Å². The molecule has 0 aliphatic carbocycles. The second-order valence-corrected chi connectivity index (χ2v) is 5.23. The number of anilines is 1. The van der Waals surface area contributed by atoms with Crippen LogP contribution in [-0.2, 0) is 19.5 Å². The molecule has 0 saturated heterocycles. The summed E-state index contributed by atoms with van der Waals surface area (Å²) < 4.78 is 5.58. The molecule has 19 heavy (non-hydrogen) atoms. The summed E-state index contributed by atoms with van der Waals surface area (Å²) in [6.45, 7) is 4.59. The number of aryl methyl sites for hydroxylation is 2. The number of nitrogens with two attached hydrogens (primary N) is 1. The van der Waals surface area contributed by atoms with Crippen molar-refractivity contribution in [2.24, 2.45) is 5.73 Å². The van der Waals surface area contributed by atoms with Crippen molar-refractivity contribution in [3.63, 3.8) is 0 Å². The molecule has 0 unspecified atom stereocenters. The van der Waals surface area contributed by atoms with Gasteiger partial charge in [-0.3, -0.25) is 0 Å². The van der Waals surface area contributed by atoms with E-state index in [9.17, 15) is 0 Å². The summed E-state index contributed by atoms with van der Waals surface area (Å²) in [6.07, 6.45) is 4.11. The molecule has 1 aromatic carbocycles. The van der Waals surface area contributed by atoms with Crippen molar-refractivity contribution in [2.45, 2.75) is 32.9 Å². The van der Waals surface area contributed by atoms with Crippen LogP contribution in [0.15, 0.2) is 34.9 Å². The van der Waals surface area contributed by atoms with Crippen LogP contribution in [0.3, 0.4) is 0 Å². The maximum Gasteiger partial charge on any atom is 0.127 e. The molecule has 1 aromatic heterocycles. The molecule has 1 aliphatic heterocycles. The first-order valence-corrected chi connectivity index (χ1v) is 6.87. The van der Waals surface area contributed by atoms with Crippen LogP contribution in [0.5, 0.6) is 0 Å². The highest BCUT2D eigenvalue weighted by Crippen LogP contribution is 2.29. The molecule has 3 rings (SSSR count). The van der Waals surface area contributed by atoms with E-state index in [1.54, 1.807) is 6.26 Å². The van der Waals surface area contributed by atoms with Gasteiger partial charge in [-0.1, -0.05) is 17.7 Å². The first-order valence-electron chi connectivity index (χ1n) is 6.87. The molecule has 3 heteroatoms. The summed E-state index contributed by atoms with van der Waals surface area (Å²) in [5, 5.41) is 0. The van der Waals surface area contributed by atoms with Crippen LogP contribution < -0.4 is 10.6 Å². The molecule has 2 aromatic rings. The van der Waals surface area contributed by atoms with E-state index < -0.39 is 0 Å². The maximum atomic E-state index is 5.74. The lowest BCUT2D eigenvalue weighted by Crippen LogP contribution is -2.29. The van der Waals surface area contributed by atoms with Crippen molar-refractivity contribution in [1.29, 1.82) is 0 Å². The Kier molecular flexibility index (Phi) is 3.30. The Morgan fingerprint density at radius 2 is 2.21 bits per heavy atom. The van der Waals surface area contributed by atoms with Crippen LogP contribution in [-0.4, -0.2) is 6.54 Å². The van der Waals surface area contributed by atoms with E-state index in [2.05, 4.69) is 30.0 Å². The molecule has 0 saturated carbocycles. The van der Waals surface area contributed by atoms with Gasteiger partial charge in [0.05, 0.1) is 12.8 Å². The Labute approximate surface area is 114 Å². The largest absolute Gasteiger partial charge is 0.467 e. The molecule has 0 atom stereocenters. The smallest absolute Gasteiger partial charge is 0.127 e. The number of fused-ring (bicyclic) bond motifs is 1. The van der Waals surface area contributed by atoms with Gasteiger partial charge in [-0.15, -0.1) is 0 Å². The first kappa shape index (κ1) is 12.3. The molecular formula is C16H20N2O. The van der Waals surface area contributed by atoms with Gasteiger partial charge in [0.15, 0.2) is 0 Å². The standard InChI is InChI=1S/C16H20N2O/c1-12-4-5-15-13(9-12)3-2-7-18(15)11-16-14(10-17)6-8-19-16/h4-6,8-9H,2-3,7,10-11,17H2,1H3. The lowest BCUT2D eigenvalue weighted by molar-refractivity contribution is 0.493. The molecule has 0 spiro atoms. The second kappa shape index (κ2) is 5.10. The third-order valence-corrected chi connectivity index (χ3v) is 3.84. The summed E-state index contributed by atoms with van der Waals surface area (Å²) in [5.41, 5.74) is 11.0. The maximum absolute atomic E-state index is 5.74. The van der Waals surface area contributed by atoms with Crippen LogP contribution in [0, 0.1) is 6.92 Å². The van der Waals surface area contributed by atoms with Crippen molar-refractivity contribution >= 4 is 5.69 Å². The average Bonchev–Trinajstić information content (AvgIpc) is 2.86. The van der Waals surface area contributed by atoms with Crippen molar-refractivity contribution < 1.29 is 4.42 Å². The van der Waals surface area contributed by atoms with Crippen molar-refractivity contribution in [3.8, 4) is 0 Å². The summed E-state index contributed by atoms with van der Waals surface area (Å²) in [7, 11) is 0. The molecule has 2 heterocycles. The Morgan fingerprint density at radius 1 is 1.32 bits per heavy atom. The van der Waals surface area contributed by atoms with Crippen LogP contribution in [0.25, 0.3) is 0 Å². The number of furan rings is 1. The van der Waals surface area contributed by atoms with Crippen LogP contribution in [0.4, 0.5) is 5.69 Å². The molecule has 0 bridgehead atoms. The minimum absolute atomic E-state index is 0.542. The third kappa shape index (κ3) is 2.38. The Balaban J connectivity index is 1.88. The molecular weight excluding hydrogens is 236 g/mol. The van der Waals surface area contributed by atoms with Gasteiger partial charge in [0.25, 0.3) is 0 Å². The zero-order chi connectivity index (χ0) is 13.2. The highest BCUT2D eigenvalue weighted by Gasteiger charge is 2.19. The van der Waals surface area contributed by atoms with Crippen LogP contribution in [0.2, 0.25) is 0 Å². The number of hydrogen-bond acceptors (Lipinski definition) is 3. The summed E-state index contributed by atoms with van der Waals surface area (Å²) in [5.74, 6) is 0.996. The number of rotatable bonds is 3. The second-order valence-electron chi connectivity index (χ2n) is 5.23. The van der Waals surface area contributed by atoms with Crippen molar-refractivity contribution in [3.05, 3.63) is 53.0 Å². The summed E-state index contributed by atoms with van der Waals surface area (Å²) in [6, 6.07) is 8.68. The third-order valence-electron chi connectivity index (χ3n) is 3.84. The molecule has 0 amide bonds. The number of nitrogens with zero attached hydrogens (tertiary/aromatic N) is 1. The Hall–Kier alpha value is -1.74. The normalized spacial score (nSPS) is 14.5. The van der Waals surface area contributed by atoms with E-state index >= 15 is 0 Å². The predicted molar refractivity (Wildman–Crippen MR) is 77.1 cm³/mol. The van der Waals surface area contributed by atoms with Gasteiger partial charge >= 0.3 is 0 Å². The van der Waals surface area contributed by atoms with Gasteiger partial charge in [0, 0.05) is 24.3 Å². The topological polar surface area (TPSA) is 42.4 Å². The van der Waals surface area contributed by atoms with Gasteiger partial charge in [-0.2, -0.15) is 0 Å².